The number of aromatic nitrogens is 5. The molecule has 41 heavy (non-hydrogen) atoms. The van der Waals surface area contributed by atoms with Crippen LogP contribution in [0.1, 0.15) is 12.8 Å². The Morgan fingerprint density at radius 3 is 2.73 bits per heavy atom. The number of furan rings is 1. The molecule has 0 spiro atoms. The Bertz CT molecular complexity index is 1500. The van der Waals surface area contributed by atoms with Gasteiger partial charge in [-0.1, -0.05) is 0 Å². The van der Waals surface area contributed by atoms with Crippen molar-refractivity contribution in [3.8, 4) is 17.3 Å². The molecule has 14 heteroatoms. The standard InChI is InChI=1S/C27H32FN9O4/c1-39-23(38)17-41-19-6-7-21(20(28)14-19)35-11-9-34(10-12-35)15-18-4-2-8-36(16-18)26-31-25(29)37-27(32-26)30-24(33-37)22-5-3-13-40-22/h3,5-7,13-14,18H,2,4,8-12,15-17H2,1H3,(H2,29,30,31,32,33)/t18-/m0/s1. The van der Waals surface area contributed by atoms with E-state index >= 15 is 0 Å². The summed E-state index contributed by atoms with van der Waals surface area (Å²) in [5, 5.41) is 4.37. The Hall–Kier alpha value is -4.46. The number of ether oxygens (including phenoxy) is 2. The molecule has 6 rings (SSSR count). The number of rotatable bonds is 8. The lowest BCUT2D eigenvalue weighted by Gasteiger charge is -2.40. The SMILES string of the molecule is COC(=O)COc1ccc(N2CCN(C[C@@H]3CCCN(c4nc(N)n5nc(-c6ccco6)nc5n4)C3)CC2)c(F)c1. The quantitative estimate of drug-likeness (QED) is 0.313. The molecule has 1 atom stereocenters. The Morgan fingerprint density at radius 2 is 1.98 bits per heavy atom. The maximum atomic E-state index is 14.8. The third-order valence-corrected chi connectivity index (χ3v) is 7.50. The second kappa shape index (κ2) is 11.6. The average Bonchev–Trinajstić information content (AvgIpc) is 3.67. The fourth-order valence-electron chi connectivity index (χ4n) is 5.41. The molecule has 0 unspecified atom stereocenters. The van der Waals surface area contributed by atoms with Crippen LogP contribution >= 0.6 is 0 Å². The maximum Gasteiger partial charge on any atom is 0.343 e. The largest absolute Gasteiger partial charge is 0.482 e. The summed E-state index contributed by atoms with van der Waals surface area (Å²) in [6, 6.07) is 8.24. The van der Waals surface area contributed by atoms with E-state index in [2.05, 4.69) is 34.6 Å². The Balaban J connectivity index is 1.04. The summed E-state index contributed by atoms with van der Waals surface area (Å²) < 4.78 is 31.5. The summed E-state index contributed by atoms with van der Waals surface area (Å²) in [7, 11) is 1.28. The highest BCUT2D eigenvalue weighted by Crippen LogP contribution is 2.27. The zero-order valence-corrected chi connectivity index (χ0v) is 22.8. The van der Waals surface area contributed by atoms with Crippen LogP contribution in [-0.2, 0) is 9.53 Å². The highest BCUT2D eigenvalue weighted by Gasteiger charge is 2.27. The summed E-state index contributed by atoms with van der Waals surface area (Å²) in [5.41, 5.74) is 6.75. The van der Waals surface area contributed by atoms with E-state index in [1.807, 2.05) is 4.90 Å². The number of hydrogen-bond acceptors (Lipinski definition) is 12. The lowest BCUT2D eigenvalue weighted by molar-refractivity contribution is -0.142. The van der Waals surface area contributed by atoms with Gasteiger partial charge in [-0.25, -0.2) is 9.18 Å². The fourth-order valence-corrected chi connectivity index (χ4v) is 5.41. The van der Waals surface area contributed by atoms with E-state index in [0.29, 0.717) is 40.7 Å². The van der Waals surface area contributed by atoms with Crippen molar-refractivity contribution < 1.29 is 23.1 Å². The number of piperidine rings is 1. The Labute approximate surface area is 235 Å². The minimum Gasteiger partial charge on any atom is -0.482 e. The summed E-state index contributed by atoms with van der Waals surface area (Å²) in [6.45, 7) is 5.46. The molecule has 2 aliphatic heterocycles. The summed E-state index contributed by atoms with van der Waals surface area (Å²) in [6.07, 6.45) is 3.71. The van der Waals surface area contributed by atoms with Crippen molar-refractivity contribution >= 4 is 29.3 Å². The van der Waals surface area contributed by atoms with Gasteiger partial charge in [0.15, 0.2) is 12.4 Å². The van der Waals surface area contributed by atoms with Crippen LogP contribution in [-0.4, -0.2) is 95.0 Å². The Morgan fingerprint density at radius 1 is 1.12 bits per heavy atom. The fraction of sp³-hybridized carbons (Fsp3) is 0.444. The maximum absolute atomic E-state index is 14.8. The minimum absolute atomic E-state index is 0.226. The van der Waals surface area contributed by atoms with Gasteiger partial charge in [0.25, 0.3) is 5.78 Å². The van der Waals surface area contributed by atoms with Gasteiger partial charge < -0.3 is 29.4 Å². The van der Waals surface area contributed by atoms with E-state index in [0.717, 1.165) is 58.7 Å². The van der Waals surface area contributed by atoms with E-state index in [1.165, 1.54) is 17.7 Å². The number of nitrogens with two attached hydrogens (primary N) is 1. The normalized spacial score (nSPS) is 18.1. The number of halogens is 1. The first-order chi connectivity index (χ1) is 20.0. The monoisotopic (exact) mass is 565 g/mol. The molecule has 1 aromatic carbocycles. The molecule has 0 radical (unpaired) electrons. The summed E-state index contributed by atoms with van der Waals surface area (Å²) in [4.78, 5) is 31.6. The molecule has 3 aromatic heterocycles. The number of fused-ring (bicyclic) bond motifs is 1. The third-order valence-electron chi connectivity index (χ3n) is 7.50. The lowest BCUT2D eigenvalue weighted by atomic mass is 9.97. The van der Waals surface area contributed by atoms with Crippen molar-refractivity contribution in [3.63, 3.8) is 0 Å². The number of carbonyl (C=O) groups excluding carboxylic acids is 1. The second-order valence-corrected chi connectivity index (χ2v) is 10.2. The number of carbonyl (C=O) groups is 1. The molecule has 0 aliphatic carbocycles. The molecular weight excluding hydrogens is 533 g/mol. The highest BCUT2D eigenvalue weighted by molar-refractivity contribution is 5.70. The number of anilines is 3. The molecule has 0 bridgehead atoms. The number of piperazine rings is 1. The van der Waals surface area contributed by atoms with Crippen molar-refractivity contribution in [1.82, 2.24) is 29.5 Å². The predicted molar refractivity (Wildman–Crippen MR) is 148 cm³/mol. The van der Waals surface area contributed by atoms with Crippen LogP contribution < -0.4 is 20.3 Å². The molecule has 2 aliphatic rings. The molecule has 4 aromatic rings. The summed E-state index contributed by atoms with van der Waals surface area (Å²) >= 11 is 0. The molecule has 2 saturated heterocycles. The average molecular weight is 566 g/mol. The van der Waals surface area contributed by atoms with Gasteiger partial charge in [-0.2, -0.15) is 19.5 Å². The molecule has 0 amide bonds. The van der Waals surface area contributed by atoms with Crippen molar-refractivity contribution in [1.29, 1.82) is 0 Å². The van der Waals surface area contributed by atoms with E-state index in [9.17, 15) is 9.18 Å². The molecule has 5 heterocycles. The smallest absolute Gasteiger partial charge is 0.343 e. The predicted octanol–water partition coefficient (Wildman–Crippen LogP) is 2.09. The van der Waals surface area contributed by atoms with Crippen molar-refractivity contribution in [2.75, 3.05) is 75.1 Å². The van der Waals surface area contributed by atoms with Gasteiger partial charge in [0, 0.05) is 51.9 Å². The van der Waals surface area contributed by atoms with Gasteiger partial charge in [-0.3, -0.25) is 4.90 Å². The van der Waals surface area contributed by atoms with E-state index in [1.54, 1.807) is 30.5 Å². The van der Waals surface area contributed by atoms with E-state index in [-0.39, 0.29) is 18.4 Å². The van der Waals surface area contributed by atoms with Crippen LogP contribution in [0.4, 0.5) is 22.0 Å². The molecule has 13 nitrogen and oxygen atoms in total. The van der Waals surface area contributed by atoms with Gasteiger partial charge in [0.2, 0.25) is 17.7 Å². The number of esters is 1. The minimum atomic E-state index is -0.514. The number of hydrogen-bond donors (Lipinski definition) is 1. The van der Waals surface area contributed by atoms with E-state index < -0.39 is 5.97 Å². The topological polar surface area (TPSA) is 140 Å². The molecule has 216 valence electrons. The van der Waals surface area contributed by atoms with Gasteiger partial charge in [0.05, 0.1) is 19.1 Å². The molecular formula is C27H32FN9O4. The first kappa shape index (κ1) is 26.7. The third kappa shape index (κ3) is 5.87. The van der Waals surface area contributed by atoms with Crippen molar-refractivity contribution in [2.45, 2.75) is 12.8 Å². The van der Waals surface area contributed by atoms with Crippen LogP contribution in [0.3, 0.4) is 0 Å². The zero-order chi connectivity index (χ0) is 28.3. The van der Waals surface area contributed by atoms with Crippen molar-refractivity contribution in [3.05, 3.63) is 42.4 Å². The number of methoxy groups -OCH3 is 1. The molecule has 2 N–H and O–H groups in total. The highest BCUT2D eigenvalue weighted by atomic mass is 19.1. The van der Waals surface area contributed by atoms with Gasteiger partial charge >= 0.3 is 5.97 Å². The number of nitrogens with zero attached hydrogens (tertiary/aromatic N) is 8. The van der Waals surface area contributed by atoms with Crippen LogP contribution in [0.15, 0.2) is 41.0 Å². The Kier molecular flexibility index (Phi) is 7.55. The molecule has 0 saturated carbocycles. The van der Waals surface area contributed by atoms with E-state index in [4.69, 9.17) is 14.9 Å². The van der Waals surface area contributed by atoms with Gasteiger partial charge in [0.1, 0.15) is 11.6 Å². The molecule has 2 fully saturated rings. The zero-order valence-electron chi connectivity index (χ0n) is 22.8. The van der Waals surface area contributed by atoms with Crippen molar-refractivity contribution in [2.24, 2.45) is 5.92 Å². The number of benzene rings is 1. The number of nitrogen functional groups attached to an aromatic ring is 1. The summed E-state index contributed by atoms with van der Waals surface area (Å²) in [5.74, 6) is 1.96. The lowest BCUT2D eigenvalue weighted by Crippen LogP contribution is -2.50. The second-order valence-electron chi connectivity index (χ2n) is 10.2. The van der Waals surface area contributed by atoms with Gasteiger partial charge in [-0.05, 0) is 43.0 Å². The van der Waals surface area contributed by atoms with Crippen LogP contribution in [0.25, 0.3) is 17.4 Å². The first-order valence-electron chi connectivity index (χ1n) is 13.6. The van der Waals surface area contributed by atoms with Crippen LogP contribution in [0.2, 0.25) is 0 Å². The first-order valence-corrected chi connectivity index (χ1v) is 13.6. The van der Waals surface area contributed by atoms with Crippen LogP contribution in [0.5, 0.6) is 5.75 Å². The van der Waals surface area contributed by atoms with Gasteiger partial charge in [-0.15, -0.1) is 5.10 Å². The van der Waals surface area contributed by atoms with Crippen LogP contribution in [0, 0.1) is 11.7 Å².